The van der Waals surface area contributed by atoms with Crippen molar-refractivity contribution >= 4 is 33.1 Å². The Kier molecular flexibility index (Phi) is 3.88. The second kappa shape index (κ2) is 5.97. The normalized spacial score (nSPS) is 12.2. The van der Waals surface area contributed by atoms with Crippen LogP contribution in [0.3, 0.4) is 0 Å². The molecule has 0 fully saturated rings. The zero-order valence-electron chi connectivity index (χ0n) is 11.3. The van der Waals surface area contributed by atoms with Crippen LogP contribution < -0.4 is 5.32 Å². The summed E-state index contributed by atoms with van der Waals surface area (Å²) in [5, 5.41) is 15.9. The Morgan fingerprint density at radius 1 is 1.14 bits per heavy atom. The minimum atomic E-state index is -0.815. The van der Waals surface area contributed by atoms with Crippen molar-refractivity contribution in [1.29, 1.82) is 0 Å². The maximum atomic E-state index is 11.5. The van der Waals surface area contributed by atoms with Gasteiger partial charge in [0.15, 0.2) is 0 Å². The van der Waals surface area contributed by atoms with Crippen LogP contribution in [0.2, 0.25) is 0 Å². The molecule has 21 heavy (non-hydrogen) atoms. The number of hydrogen-bond acceptors (Lipinski definition) is 3. The molecule has 0 bridgehead atoms. The van der Waals surface area contributed by atoms with Crippen molar-refractivity contribution < 1.29 is 9.90 Å². The number of thiophene rings is 1. The van der Waals surface area contributed by atoms with Crippen LogP contribution in [0.5, 0.6) is 0 Å². The predicted molar refractivity (Wildman–Crippen MR) is 87.1 cm³/mol. The van der Waals surface area contributed by atoms with Crippen molar-refractivity contribution in [3.63, 3.8) is 0 Å². The summed E-state index contributed by atoms with van der Waals surface area (Å²) < 4.78 is 1.23. The minimum absolute atomic E-state index is 0.370. The molecule has 0 spiro atoms. The number of rotatable bonds is 5. The van der Waals surface area contributed by atoms with E-state index in [2.05, 4.69) is 28.9 Å². The van der Waals surface area contributed by atoms with E-state index in [0.29, 0.717) is 6.54 Å². The fourth-order valence-electron chi connectivity index (χ4n) is 2.33. The number of carboxylic acid groups (broad SMARTS) is 1. The Morgan fingerprint density at radius 2 is 1.95 bits per heavy atom. The molecule has 0 aliphatic heterocycles. The van der Waals surface area contributed by atoms with E-state index < -0.39 is 11.9 Å². The molecule has 0 saturated heterocycles. The molecule has 0 aliphatic rings. The van der Waals surface area contributed by atoms with E-state index in [0.717, 1.165) is 11.3 Å². The van der Waals surface area contributed by atoms with Gasteiger partial charge in [0.1, 0.15) is 0 Å². The molecule has 4 heteroatoms. The van der Waals surface area contributed by atoms with E-state index in [4.69, 9.17) is 0 Å². The van der Waals surface area contributed by atoms with E-state index in [1.165, 1.54) is 10.1 Å². The van der Waals surface area contributed by atoms with Crippen LogP contribution >= 0.6 is 11.3 Å². The second-order valence-electron chi connectivity index (χ2n) is 4.86. The first-order valence-corrected chi connectivity index (χ1v) is 7.61. The smallest absolute Gasteiger partial charge is 0.312 e. The van der Waals surface area contributed by atoms with E-state index in [1.54, 1.807) is 11.3 Å². The van der Waals surface area contributed by atoms with Gasteiger partial charge in [-0.15, -0.1) is 11.3 Å². The number of anilines is 1. The van der Waals surface area contributed by atoms with Crippen LogP contribution in [-0.2, 0) is 4.79 Å². The van der Waals surface area contributed by atoms with E-state index >= 15 is 0 Å². The lowest BCUT2D eigenvalue weighted by molar-refractivity contribution is -0.138. The third kappa shape index (κ3) is 3.06. The van der Waals surface area contributed by atoms with Crippen LogP contribution in [0.1, 0.15) is 11.5 Å². The lowest BCUT2D eigenvalue weighted by Gasteiger charge is -2.14. The predicted octanol–water partition coefficient (Wildman–Crippen LogP) is 4.18. The van der Waals surface area contributed by atoms with Crippen molar-refractivity contribution in [2.45, 2.75) is 5.92 Å². The van der Waals surface area contributed by atoms with Gasteiger partial charge in [-0.1, -0.05) is 30.3 Å². The summed E-state index contributed by atoms with van der Waals surface area (Å²) in [6, 6.07) is 17.5. The quantitative estimate of drug-likeness (QED) is 0.742. The molecule has 0 amide bonds. The Hall–Kier alpha value is -2.33. The monoisotopic (exact) mass is 297 g/mol. The number of aliphatic carboxylic acids is 1. The lowest BCUT2D eigenvalue weighted by atomic mass is 9.99. The van der Waals surface area contributed by atoms with Gasteiger partial charge in [0.25, 0.3) is 0 Å². The molecule has 1 unspecified atom stereocenters. The number of benzene rings is 2. The molecular weight excluding hydrogens is 282 g/mol. The molecule has 3 aromatic rings. The van der Waals surface area contributed by atoms with Gasteiger partial charge in [0.2, 0.25) is 0 Å². The number of nitrogens with one attached hydrogen (secondary N) is 1. The van der Waals surface area contributed by atoms with Crippen LogP contribution in [0.4, 0.5) is 5.69 Å². The third-order valence-corrected chi connectivity index (χ3v) is 4.36. The maximum Gasteiger partial charge on any atom is 0.312 e. The molecular formula is C17H15NO2S. The minimum Gasteiger partial charge on any atom is -0.481 e. The maximum absolute atomic E-state index is 11.5. The summed E-state index contributed by atoms with van der Waals surface area (Å²) in [5.74, 6) is -1.37. The van der Waals surface area contributed by atoms with Crippen molar-refractivity contribution in [2.24, 2.45) is 0 Å². The molecule has 1 atom stereocenters. The van der Waals surface area contributed by atoms with Gasteiger partial charge in [0, 0.05) is 16.9 Å². The van der Waals surface area contributed by atoms with Crippen molar-refractivity contribution in [2.75, 3.05) is 11.9 Å². The van der Waals surface area contributed by atoms with Crippen molar-refractivity contribution in [1.82, 2.24) is 0 Å². The zero-order valence-corrected chi connectivity index (χ0v) is 12.1. The molecule has 2 aromatic carbocycles. The Labute approximate surface area is 126 Å². The summed E-state index contributed by atoms with van der Waals surface area (Å²) >= 11 is 1.70. The average Bonchev–Trinajstić information content (AvgIpc) is 2.96. The Morgan fingerprint density at radius 3 is 2.71 bits per heavy atom. The highest BCUT2D eigenvalue weighted by molar-refractivity contribution is 7.17. The molecule has 0 aliphatic carbocycles. The van der Waals surface area contributed by atoms with Gasteiger partial charge in [0.05, 0.1) is 5.92 Å². The average molecular weight is 297 g/mol. The summed E-state index contributed by atoms with van der Waals surface area (Å²) in [5.41, 5.74) is 1.76. The molecule has 0 saturated carbocycles. The van der Waals surface area contributed by atoms with Crippen molar-refractivity contribution in [3.8, 4) is 0 Å². The van der Waals surface area contributed by atoms with Crippen molar-refractivity contribution in [3.05, 3.63) is 65.5 Å². The molecule has 1 aromatic heterocycles. The highest BCUT2D eigenvalue weighted by Crippen LogP contribution is 2.25. The first kappa shape index (κ1) is 13.6. The SMILES string of the molecule is O=C(O)C(CNc1ccc2sccc2c1)c1ccccc1. The number of fused-ring (bicyclic) bond motifs is 1. The second-order valence-corrected chi connectivity index (χ2v) is 5.80. The van der Waals surface area contributed by atoms with Gasteiger partial charge in [-0.2, -0.15) is 0 Å². The van der Waals surface area contributed by atoms with E-state index in [-0.39, 0.29) is 0 Å². The summed E-state index contributed by atoms with van der Waals surface area (Å²) in [6.07, 6.45) is 0. The van der Waals surface area contributed by atoms with Crippen LogP contribution in [0.25, 0.3) is 10.1 Å². The topological polar surface area (TPSA) is 49.3 Å². The van der Waals surface area contributed by atoms with Crippen LogP contribution in [0.15, 0.2) is 60.0 Å². The summed E-state index contributed by atoms with van der Waals surface area (Å²) in [7, 11) is 0. The fraction of sp³-hybridized carbons (Fsp3) is 0.118. The van der Waals surface area contributed by atoms with Gasteiger partial charge in [-0.05, 0) is 40.6 Å². The molecule has 2 N–H and O–H groups in total. The van der Waals surface area contributed by atoms with Crippen LogP contribution in [0, 0.1) is 0 Å². The number of hydrogen-bond donors (Lipinski definition) is 2. The molecule has 3 rings (SSSR count). The Balaban J connectivity index is 1.76. The van der Waals surface area contributed by atoms with Gasteiger partial charge < -0.3 is 10.4 Å². The highest BCUT2D eigenvalue weighted by Gasteiger charge is 2.19. The number of carboxylic acids is 1. The zero-order chi connectivity index (χ0) is 14.7. The fourth-order valence-corrected chi connectivity index (χ4v) is 3.10. The third-order valence-electron chi connectivity index (χ3n) is 3.46. The van der Waals surface area contributed by atoms with E-state index in [1.807, 2.05) is 36.4 Å². The van der Waals surface area contributed by atoms with Gasteiger partial charge in [-0.25, -0.2) is 0 Å². The molecule has 0 radical (unpaired) electrons. The largest absolute Gasteiger partial charge is 0.481 e. The lowest BCUT2D eigenvalue weighted by Crippen LogP contribution is -2.20. The standard InChI is InChI=1S/C17H15NO2S/c19-17(20)15(12-4-2-1-3-5-12)11-18-14-6-7-16-13(10-14)8-9-21-16/h1-10,15,18H,11H2,(H,19,20). The van der Waals surface area contributed by atoms with Crippen LogP contribution in [-0.4, -0.2) is 17.6 Å². The van der Waals surface area contributed by atoms with Gasteiger partial charge >= 0.3 is 5.97 Å². The molecule has 106 valence electrons. The highest BCUT2D eigenvalue weighted by atomic mass is 32.1. The van der Waals surface area contributed by atoms with Gasteiger partial charge in [-0.3, -0.25) is 4.79 Å². The molecule has 1 heterocycles. The Bertz CT molecular complexity index is 752. The summed E-state index contributed by atoms with van der Waals surface area (Å²) in [4.78, 5) is 11.5. The first-order chi connectivity index (χ1) is 10.2. The van der Waals surface area contributed by atoms with E-state index in [9.17, 15) is 9.90 Å². The summed E-state index contributed by atoms with van der Waals surface area (Å²) in [6.45, 7) is 0.370. The molecule has 3 nitrogen and oxygen atoms in total. The number of carbonyl (C=O) groups is 1. The first-order valence-electron chi connectivity index (χ1n) is 6.73.